The number of aromatic nitrogens is 3. The number of hydrogen-bond acceptors (Lipinski definition) is 3. The van der Waals surface area contributed by atoms with Gasteiger partial charge in [-0.2, -0.15) is 18.3 Å². The first-order valence-corrected chi connectivity index (χ1v) is 11.1. The maximum absolute atomic E-state index is 13.8. The third-order valence-corrected chi connectivity index (χ3v) is 6.33. The van der Waals surface area contributed by atoms with Crippen LogP contribution in [0.5, 0.6) is 0 Å². The maximum Gasteiger partial charge on any atom is 0.433 e. The monoisotopic (exact) mass is 514 g/mol. The van der Waals surface area contributed by atoms with Crippen LogP contribution in [0.3, 0.4) is 0 Å². The lowest BCUT2D eigenvalue weighted by Gasteiger charge is -2.28. The second-order valence-electron chi connectivity index (χ2n) is 7.95. The standard InChI is InChI=1S/C24H18BrF3N4O/c25-19-7-5-16(6-8-19)20-12-21(24(26,27)28)32-23(30-20)18(13-29-32)11-22(33)31-10-9-15-3-1-2-4-17(15)14-31/h1-8,12-13H,9-11,14H2. The number of fused-ring (bicyclic) bond motifs is 2. The average molecular weight is 515 g/mol. The summed E-state index contributed by atoms with van der Waals surface area (Å²) in [6.07, 6.45) is -2.64. The van der Waals surface area contributed by atoms with Crippen molar-refractivity contribution in [3.8, 4) is 11.3 Å². The fourth-order valence-corrected chi connectivity index (χ4v) is 4.35. The van der Waals surface area contributed by atoms with Crippen LogP contribution < -0.4 is 0 Å². The zero-order valence-electron chi connectivity index (χ0n) is 17.3. The van der Waals surface area contributed by atoms with Crippen LogP contribution in [0.1, 0.15) is 22.4 Å². The molecule has 1 aliphatic rings. The molecule has 33 heavy (non-hydrogen) atoms. The lowest BCUT2D eigenvalue weighted by molar-refractivity contribution is -0.142. The van der Waals surface area contributed by atoms with Gasteiger partial charge in [0.05, 0.1) is 18.3 Å². The summed E-state index contributed by atoms with van der Waals surface area (Å²) in [7, 11) is 0. The Morgan fingerprint density at radius 2 is 1.79 bits per heavy atom. The summed E-state index contributed by atoms with van der Waals surface area (Å²) in [6, 6.07) is 15.8. The predicted octanol–water partition coefficient (Wildman–Crippen LogP) is 5.31. The second-order valence-corrected chi connectivity index (χ2v) is 8.86. The minimum absolute atomic E-state index is 0.0357. The Labute approximate surface area is 196 Å². The van der Waals surface area contributed by atoms with Gasteiger partial charge in [0.15, 0.2) is 11.3 Å². The van der Waals surface area contributed by atoms with E-state index in [0.717, 1.165) is 27.0 Å². The zero-order chi connectivity index (χ0) is 23.2. The number of halogens is 4. The molecule has 1 amide bonds. The van der Waals surface area contributed by atoms with Gasteiger partial charge in [0.25, 0.3) is 0 Å². The highest BCUT2D eigenvalue weighted by atomic mass is 79.9. The minimum Gasteiger partial charge on any atom is -0.338 e. The second kappa shape index (κ2) is 8.30. The molecule has 0 atom stereocenters. The third kappa shape index (κ3) is 4.25. The molecule has 5 nitrogen and oxygen atoms in total. The van der Waals surface area contributed by atoms with Crippen LogP contribution >= 0.6 is 15.9 Å². The van der Waals surface area contributed by atoms with Crippen molar-refractivity contribution in [2.45, 2.75) is 25.6 Å². The highest BCUT2D eigenvalue weighted by molar-refractivity contribution is 9.10. The Balaban J connectivity index is 1.50. The van der Waals surface area contributed by atoms with Crippen LogP contribution in [-0.2, 0) is 30.4 Å². The van der Waals surface area contributed by atoms with E-state index in [1.54, 1.807) is 29.2 Å². The van der Waals surface area contributed by atoms with Crippen molar-refractivity contribution >= 4 is 27.5 Å². The number of nitrogens with zero attached hydrogens (tertiary/aromatic N) is 4. The number of rotatable bonds is 3. The van der Waals surface area contributed by atoms with Crippen LogP contribution in [0.2, 0.25) is 0 Å². The van der Waals surface area contributed by atoms with Crippen molar-refractivity contribution in [1.29, 1.82) is 0 Å². The molecule has 0 N–H and O–H groups in total. The number of hydrogen-bond donors (Lipinski definition) is 0. The van der Waals surface area contributed by atoms with Crippen LogP contribution in [0.4, 0.5) is 13.2 Å². The van der Waals surface area contributed by atoms with Crippen molar-refractivity contribution < 1.29 is 18.0 Å². The average Bonchev–Trinajstić information content (AvgIpc) is 3.20. The van der Waals surface area contributed by atoms with Gasteiger partial charge in [-0.05, 0) is 35.7 Å². The Morgan fingerprint density at radius 3 is 2.52 bits per heavy atom. The van der Waals surface area contributed by atoms with E-state index in [2.05, 4.69) is 32.1 Å². The molecular weight excluding hydrogens is 497 g/mol. The molecule has 0 saturated heterocycles. The number of carbonyl (C=O) groups excluding carboxylic acids is 1. The maximum atomic E-state index is 13.8. The fraction of sp³-hybridized carbons (Fsp3) is 0.208. The zero-order valence-corrected chi connectivity index (χ0v) is 18.9. The molecule has 0 aliphatic carbocycles. The van der Waals surface area contributed by atoms with E-state index in [9.17, 15) is 18.0 Å². The lowest BCUT2D eigenvalue weighted by Crippen LogP contribution is -2.36. The quantitative estimate of drug-likeness (QED) is 0.372. The SMILES string of the molecule is O=C(Cc1cnn2c(C(F)(F)F)cc(-c3ccc(Br)cc3)nc12)N1CCc2ccccc2C1. The molecule has 0 unspecified atom stereocenters. The first-order chi connectivity index (χ1) is 15.8. The topological polar surface area (TPSA) is 50.5 Å². The van der Waals surface area contributed by atoms with Crippen LogP contribution in [0, 0.1) is 0 Å². The summed E-state index contributed by atoms with van der Waals surface area (Å²) in [5.41, 5.74) is 2.48. The van der Waals surface area contributed by atoms with Gasteiger partial charge < -0.3 is 4.90 Å². The summed E-state index contributed by atoms with van der Waals surface area (Å²) >= 11 is 3.33. The highest BCUT2D eigenvalue weighted by Crippen LogP contribution is 2.33. The third-order valence-electron chi connectivity index (χ3n) is 5.80. The molecule has 0 fully saturated rings. The first kappa shape index (κ1) is 21.6. The number of amides is 1. The molecule has 3 heterocycles. The first-order valence-electron chi connectivity index (χ1n) is 10.3. The summed E-state index contributed by atoms with van der Waals surface area (Å²) in [4.78, 5) is 19.2. The van der Waals surface area contributed by atoms with Gasteiger partial charge in [0, 0.05) is 28.7 Å². The van der Waals surface area contributed by atoms with Crippen LogP contribution in [-0.4, -0.2) is 31.9 Å². The Hall–Kier alpha value is -3.20. The van der Waals surface area contributed by atoms with Crippen molar-refractivity contribution in [3.63, 3.8) is 0 Å². The molecule has 0 spiro atoms. The molecule has 0 radical (unpaired) electrons. The minimum atomic E-state index is -4.63. The molecule has 1 aliphatic heterocycles. The molecule has 2 aromatic carbocycles. The van der Waals surface area contributed by atoms with Gasteiger partial charge in [-0.1, -0.05) is 52.3 Å². The van der Waals surface area contributed by atoms with Gasteiger partial charge in [0.1, 0.15) is 0 Å². The molecule has 0 bridgehead atoms. The molecule has 2 aromatic heterocycles. The van der Waals surface area contributed by atoms with E-state index in [4.69, 9.17) is 0 Å². The predicted molar refractivity (Wildman–Crippen MR) is 120 cm³/mol. The lowest BCUT2D eigenvalue weighted by atomic mass is 9.99. The number of benzene rings is 2. The van der Waals surface area contributed by atoms with Crippen LogP contribution in [0.25, 0.3) is 16.9 Å². The van der Waals surface area contributed by atoms with Crippen molar-refractivity contribution in [3.05, 3.63) is 87.7 Å². The van der Waals surface area contributed by atoms with Crippen molar-refractivity contribution in [2.24, 2.45) is 0 Å². The summed E-state index contributed by atoms with van der Waals surface area (Å²) in [6.45, 7) is 1.06. The fourth-order valence-electron chi connectivity index (χ4n) is 4.09. The van der Waals surface area contributed by atoms with Crippen molar-refractivity contribution in [1.82, 2.24) is 19.5 Å². The Morgan fingerprint density at radius 1 is 1.06 bits per heavy atom. The number of carbonyl (C=O) groups is 1. The molecule has 168 valence electrons. The molecule has 4 aromatic rings. The van der Waals surface area contributed by atoms with Crippen LogP contribution in [0.15, 0.2) is 65.3 Å². The summed E-state index contributed by atoms with van der Waals surface area (Å²) < 4.78 is 43.0. The van der Waals surface area contributed by atoms with E-state index < -0.39 is 11.9 Å². The molecular formula is C24H18BrF3N4O. The molecule has 9 heteroatoms. The van der Waals surface area contributed by atoms with Gasteiger partial charge in [-0.15, -0.1) is 0 Å². The van der Waals surface area contributed by atoms with E-state index in [1.807, 2.05) is 18.2 Å². The van der Waals surface area contributed by atoms with Gasteiger partial charge in [-0.3, -0.25) is 4.79 Å². The van der Waals surface area contributed by atoms with Gasteiger partial charge in [-0.25, -0.2) is 9.50 Å². The molecule has 5 rings (SSSR count). The van der Waals surface area contributed by atoms with E-state index in [-0.39, 0.29) is 23.7 Å². The highest BCUT2D eigenvalue weighted by Gasteiger charge is 2.36. The Kier molecular flexibility index (Phi) is 5.44. The van der Waals surface area contributed by atoms with E-state index in [1.165, 1.54) is 11.8 Å². The number of alkyl halides is 3. The van der Waals surface area contributed by atoms with E-state index in [0.29, 0.717) is 24.2 Å². The smallest absolute Gasteiger partial charge is 0.338 e. The molecule has 0 saturated carbocycles. The summed E-state index contributed by atoms with van der Waals surface area (Å²) in [5.74, 6) is -0.163. The normalized spacial score (nSPS) is 13.9. The van der Waals surface area contributed by atoms with Crippen molar-refractivity contribution in [2.75, 3.05) is 6.54 Å². The summed E-state index contributed by atoms with van der Waals surface area (Å²) in [5, 5.41) is 3.92. The van der Waals surface area contributed by atoms with Gasteiger partial charge in [0.2, 0.25) is 5.91 Å². The van der Waals surface area contributed by atoms with Gasteiger partial charge >= 0.3 is 6.18 Å². The Bertz CT molecular complexity index is 1350. The largest absolute Gasteiger partial charge is 0.433 e. The van der Waals surface area contributed by atoms with E-state index >= 15 is 0 Å².